The van der Waals surface area contributed by atoms with Gasteiger partial charge < -0.3 is 9.47 Å². The van der Waals surface area contributed by atoms with E-state index in [1.807, 2.05) is 0 Å². The van der Waals surface area contributed by atoms with Crippen LogP contribution in [0, 0.1) is 5.92 Å². The minimum absolute atomic E-state index is 0.0444. The van der Waals surface area contributed by atoms with E-state index in [0.29, 0.717) is 6.54 Å². The molecule has 1 fully saturated rings. The number of halogens is 3. The summed E-state index contributed by atoms with van der Waals surface area (Å²) in [5.41, 5.74) is -1.27. The maximum atomic E-state index is 13.8. The van der Waals surface area contributed by atoms with Gasteiger partial charge >= 0.3 is 12.1 Å². The Balaban J connectivity index is 1.81. The largest absolute Gasteiger partial charge is 0.479 e. The summed E-state index contributed by atoms with van der Waals surface area (Å²) in [4.78, 5) is 20.3. The van der Waals surface area contributed by atoms with Gasteiger partial charge in [-0.25, -0.2) is 14.5 Å². The number of fused-ring (bicyclic) bond motifs is 1. The van der Waals surface area contributed by atoms with Crippen molar-refractivity contribution in [2.45, 2.75) is 51.7 Å². The first-order valence-corrected chi connectivity index (χ1v) is 10.4. The normalized spacial score (nSPS) is 15.3. The summed E-state index contributed by atoms with van der Waals surface area (Å²) in [6.45, 7) is 2.17. The molecule has 1 aliphatic rings. The zero-order chi connectivity index (χ0) is 22.9. The fourth-order valence-electron chi connectivity index (χ4n) is 3.97. The molecule has 3 aromatic heterocycles. The number of esters is 1. The van der Waals surface area contributed by atoms with Crippen molar-refractivity contribution in [3.8, 4) is 11.8 Å². The number of hydrogen-bond acceptors (Lipinski definition) is 7. The molecule has 0 bridgehead atoms. The number of alkyl halides is 3. The lowest BCUT2D eigenvalue weighted by molar-refractivity contribution is -0.140. The van der Waals surface area contributed by atoms with E-state index in [-0.39, 0.29) is 40.9 Å². The van der Waals surface area contributed by atoms with Crippen molar-refractivity contribution in [1.29, 1.82) is 0 Å². The van der Waals surface area contributed by atoms with Crippen molar-refractivity contribution < 1.29 is 27.4 Å². The van der Waals surface area contributed by atoms with Gasteiger partial charge in [0.1, 0.15) is 11.0 Å². The summed E-state index contributed by atoms with van der Waals surface area (Å²) in [6.07, 6.45) is 2.92. The number of carbonyl (C=O) groups is 1. The molecule has 32 heavy (non-hydrogen) atoms. The monoisotopic (exact) mass is 452 g/mol. The van der Waals surface area contributed by atoms with Crippen molar-refractivity contribution in [3.63, 3.8) is 0 Å². The smallest absolute Gasteiger partial charge is 0.437 e. The number of ether oxygens (including phenoxy) is 2. The Hall–Kier alpha value is -3.18. The van der Waals surface area contributed by atoms with Gasteiger partial charge in [0.2, 0.25) is 5.88 Å². The van der Waals surface area contributed by atoms with Gasteiger partial charge in [-0.1, -0.05) is 19.3 Å². The third-order valence-corrected chi connectivity index (χ3v) is 5.46. The molecule has 0 N–H and O–H groups in total. The van der Waals surface area contributed by atoms with E-state index >= 15 is 0 Å². The summed E-state index contributed by atoms with van der Waals surface area (Å²) in [5.74, 6) is -0.594. The molecule has 0 aromatic carbocycles. The van der Waals surface area contributed by atoms with Gasteiger partial charge in [-0.15, -0.1) is 0 Å². The van der Waals surface area contributed by atoms with Crippen LogP contribution in [0.25, 0.3) is 17.0 Å². The second-order valence-electron chi connectivity index (χ2n) is 7.66. The second-order valence-corrected chi connectivity index (χ2v) is 7.66. The average molecular weight is 452 g/mol. The molecule has 0 amide bonds. The van der Waals surface area contributed by atoms with Gasteiger partial charge in [-0.2, -0.15) is 28.4 Å². The number of nitrogens with zero attached hydrogens (tertiary/aromatic N) is 6. The molecule has 172 valence electrons. The molecule has 9 nitrogen and oxygen atoms in total. The molecule has 3 aromatic rings. The van der Waals surface area contributed by atoms with Crippen molar-refractivity contribution in [2.75, 3.05) is 13.7 Å². The Morgan fingerprint density at radius 2 is 1.97 bits per heavy atom. The highest BCUT2D eigenvalue weighted by molar-refractivity contribution is 5.89. The number of aromatic nitrogens is 6. The zero-order valence-corrected chi connectivity index (χ0v) is 17.7. The quantitative estimate of drug-likeness (QED) is 0.525. The van der Waals surface area contributed by atoms with Crippen LogP contribution in [0.5, 0.6) is 5.88 Å². The molecule has 0 radical (unpaired) electrons. The van der Waals surface area contributed by atoms with E-state index in [2.05, 4.69) is 20.2 Å². The molecule has 1 saturated carbocycles. The predicted octanol–water partition coefficient (Wildman–Crippen LogP) is 3.80. The maximum absolute atomic E-state index is 13.8. The Morgan fingerprint density at radius 3 is 2.62 bits per heavy atom. The highest BCUT2D eigenvalue weighted by Crippen LogP contribution is 2.37. The molecule has 4 rings (SSSR count). The van der Waals surface area contributed by atoms with Crippen LogP contribution >= 0.6 is 0 Å². The molecule has 12 heteroatoms. The van der Waals surface area contributed by atoms with Crippen LogP contribution in [0.3, 0.4) is 0 Å². The summed E-state index contributed by atoms with van der Waals surface area (Å²) < 4.78 is 54.1. The third kappa shape index (κ3) is 4.26. The van der Waals surface area contributed by atoms with E-state index in [1.165, 1.54) is 24.2 Å². The van der Waals surface area contributed by atoms with Crippen LogP contribution in [0.2, 0.25) is 0 Å². The standard InChI is InChI=1S/C20H23F3N6O3/c1-3-32-18(30)13-9-24-29(11-13)19-25-14-15(17(26-19)31-2)28(27-16(14)20(21,22)23)10-12-7-5-4-6-8-12/h9,11-12H,3-8,10H2,1-2H3. The summed E-state index contributed by atoms with van der Waals surface area (Å²) in [6, 6.07) is 0. The summed E-state index contributed by atoms with van der Waals surface area (Å²) in [7, 11) is 1.32. The van der Waals surface area contributed by atoms with Gasteiger partial charge in [-0.05, 0) is 25.7 Å². The van der Waals surface area contributed by atoms with Crippen molar-refractivity contribution in [1.82, 2.24) is 29.5 Å². The Labute approximate surface area is 181 Å². The molecule has 0 atom stereocenters. The number of hydrogen-bond donors (Lipinski definition) is 0. The van der Waals surface area contributed by atoms with Gasteiger partial charge in [0.25, 0.3) is 5.95 Å². The maximum Gasteiger partial charge on any atom is 0.437 e. The molecule has 0 spiro atoms. The Morgan fingerprint density at radius 1 is 1.22 bits per heavy atom. The highest BCUT2D eigenvalue weighted by atomic mass is 19.4. The minimum atomic E-state index is -4.72. The van der Waals surface area contributed by atoms with E-state index < -0.39 is 17.8 Å². The topological polar surface area (TPSA) is 96.9 Å². The van der Waals surface area contributed by atoms with Gasteiger partial charge in [0.15, 0.2) is 5.69 Å². The van der Waals surface area contributed by atoms with Crippen molar-refractivity contribution in [3.05, 3.63) is 23.7 Å². The van der Waals surface area contributed by atoms with Crippen LogP contribution in [0.4, 0.5) is 13.2 Å². The van der Waals surface area contributed by atoms with E-state index in [1.54, 1.807) is 6.92 Å². The molecular weight excluding hydrogens is 429 g/mol. The SMILES string of the molecule is CCOC(=O)c1cnn(-c2nc(OC)c3c(n2)c(C(F)(F)F)nn3CC2CCCCC2)c1. The van der Waals surface area contributed by atoms with Gasteiger partial charge in [-0.3, -0.25) is 4.68 Å². The Bertz CT molecular complexity index is 1120. The number of carbonyl (C=O) groups excluding carboxylic acids is 1. The summed E-state index contributed by atoms with van der Waals surface area (Å²) in [5, 5.41) is 7.85. The van der Waals surface area contributed by atoms with Gasteiger partial charge in [0, 0.05) is 12.7 Å². The highest BCUT2D eigenvalue weighted by Gasteiger charge is 2.39. The van der Waals surface area contributed by atoms with Gasteiger partial charge in [0.05, 0.1) is 25.5 Å². The molecule has 0 aliphatic heterocycles. The lowest BCUT2D eigenvalue weighted by Crippen LogP contribution is -2.16. The fourth-order valence-corrected chi connectivity index (χ4v) is 3.97. The number of methoxy groups -OCH3 is 1. The summed E-state index contributed by atoms with van der Waals surface area (Å²) >= 11 is 0. The van der Waals surface area contributed by atoms with Crippen LogP contribution in [0.1, 0.15) is 55.1 Å². The zero-order valence-electron chi connectivity index (χ0n) is 17.7. The average Bonchev–Trinajstić information content (AvgIpc) is 3.39. The lowest BCUT2D eigenvalue weighted by atomic mass is 9.89. The van der Waals surface area contributed by atoms with Crippen LogP contribution in [-0.2, 0) is 17.5 Å². The molecule has 1 aliphatic carbocycles. The molecule has 0 saturated heterocycles. The molecule has 0 unspecified atom stereocenters. The van der Waals surface area contributed by atoms with Crippen LogP contribution < -0.4 is 4.74 Å². The lowest BCUT2D eigenvalue weighted by Gasteiger charge is -2.21. The van der Waals surface area contributed by atoms with E-state index in [9.17, 15) is 18.0 Å². The third-order valence-electron chi connectivity index (χ3n) is 5.46. The van der Waals surface area contributed by atoms with E-state index in [0.717, 1.165) is 36.8 Å². The first-order valence-electron chi connectivity index (χ1n) is 10.4. The van der Waals surface area contributed by atoms with Crippen molar-refractivity contribution >= 4 is 17.0 Å². The van der Waals surface area contributed by atoms with Crippen LogP contribution in [-0.4, -0.2) is 49.2 Å². The first-order chi connectivity index (χ1) is 15.3. The predicted molar refractivity (Wildman–Crippen MR) is 107 cm³/mol. The first kappa shape index (κ1) is 22.0. The van der Waals surface area contributed by atoms with E-state index in [4.69, 9.17) is 9.47 Å². The molecular formula is C20H23F3N6O3. The second kappa shape index (κ2) is 8.75. The molecule has 3 heterocycles. The number of rotatable bonds is 6. The minimum Gasteiger partial charge on any atom is -0.479 e. The Kier molecular flexibility index (Phi) is 6.02. The van der Waals surface area contributed by atoms with Crippen LogP contribution in [0.15, 0.2) is 12.4 Å². The fraction of sp³-hybridized carbons (Fsp3) is 0.550. The van der Waals surface area contributed by atoms with Crippen molar-refractivity contribution in [2.24, 2.45) is 5.92 Å².